The van der Waals surface area contributed by atoms with Crippen LogP contribution in [0.25, 0.3) is 33.3 Å². The molecule has 0 bridgehead atoms. The summed E-state index contributed by atoms with van der Waals surface area (Å²) in [5.74, 6) is -0.381. The van der Waals surface area contributed by atoms with Crippen LogP contribution in [0.4, 0.5) is 4.39 Å². The van der Waals surface area contributed by atoms with Crippen molar-refractivity contribution in [2.45, 2.75) is 20.4 Å². The standard InChI is InChI=1S/C24H20ClFN6O3/c1-12(24(33)34-3)10-32-11-14(8-28-32)17-9-27-15-4-6-18(20(25)22(15)31-17)35-19-7-5-16-23(21(19)26)30-13(2)29-16/h4-9,11-12H,10H2,1-3H3,(H,29,30). The zero-order valence-electron chi connectivity index (χ0n) is 19.0. The molecule has 1 unspecified atom stereocenters. The number of carbonyl (C=O) groups excluding carboxylic acids is 1. The number of imidazole rings is 1. The van der Waals surface area contributed by atoms with Gasteiger partial charge in [-0.25, -0.2) is 14.4 Å². The molecule has 0 fully saturated rings. The molecule has 1 N–H and O–H groups in total. The normalized spacial score (nSPS) is 12.3. The van der Waals surface area contributed by atoms with E-state index >= 15 is 0 Å². The number of hydrogen-bond donors (Lipinski definition) is 1. The van der Waals surface area contributed by atoms with Crippen LogP contribution in [0, 0.1) is 18.7 Å². The molecule has 0 aliphatic heterocycles. The quantitative estimate of drug-likeness (QED) is 0.328. The molecule has 2 aromatic carbocycles. The third-order valence-electron chi connectivity index (χ3n) is 5.51. The Balaban J connectivity index is 1.46. The lowest BCUT2D eigenvalue weighted by Gasteiger charge is -2.10. The number of ether oxygens (including phenoxy) is 2. The number of fused-ring (bicyclic) bond motifs is 2. The monoisotopic (exact) mass is 494 g/mol. The van der Waals surface area contributed by atoms with Gasteiger partial charge in [-0.3, -0.25) is 14.5 Å². The third kappa shape index (κ3) is 4.28. The van der Waals surface area contributed by atoms with Crippen molar-refractivity contribution in [3.8, 4) is 22.8 Å². The number of H-pyrrole nitrogens is 1. The number of aromatic nitrogens is 6. The van der Waals surface area contributed by atoms with Gasteiger partial charge in [0.1, 0.15) is 27.6 Å². The van der Waals surface area contributed by atoms with Crippen LogP contribution in [0.2, 0.25) is 5.02 Å². The predicted molar refractivity (Wildman–Crippen MR) is 128 cm³/mol. The van der Waals surface area contributed by atoms with Gasteiger partial charge in [-0.2, -0.15) is 5.10 Å². The fourth-order valence-corrected chi connectivity index (χ4v) is 3.98. The molecule has 11 heteroatoms. The Kier molecular flexibility index (Phi) is 5.81. The molecule has 178 valence electrons. The van der Waals surface area contributed by atoms with Crippen molar-refractivity contribution in [3.05, 3.63) is 59.5 Å². The number of aryl methyl sites for hydroxylation is 1. The van der Waals surface area contributed by atoms with Gasteiger partial charge >= 0.3 is 5.97 Å². The smallest absolute Gasteiger partial charge is 0.310 e. The van der Waals surface area contributed by atoms with Crippen LogP contribution in [0.15, 0.2) is 42.9 Å². The van der Waals surface area contributed by atoms with Crippen LogP contribution in [-0.2, 0) is 16.1 Å². The first-order chi connectivity index (χ1) is 16.8. The van der Waals surface area contributed by atoms with Crippen molar-refractivity contribution >= 4 is 39.6 Å². The molecule has 0 saturated heterocycles. The van der Waals surface area contributed by atoms with E-state index in [9.17, 15) is 9.18 Å². The highest BCUT2D eigenvalue weighted by Crippen LogP contribution is 2.37. The first kappa shape index (κ1) is 22.7. The molecule has 0 aliphatic carbocycles. The van der Waals surface area contributed by atoms with Gasteiger partial charge in [-0.1, -0.05) is 18.5 Å². The molecule has 3 heterocycles. The van der Waals surface area contributed by atoms with Gasteiger partial charge in [0, 0.05) is 11.8 Å². The number of methoxy groups -OCH3 is 1. The Bertz CT molecular complexity index is 1580. The van der Waals surface area contributed by atoms with E-state index in [0.717, 1.165) is 0 Å². The first-order valence-electron chi connectivity index (χ1n) is 10.7. The molecule has 0 radical (unpaired) electrons. The summed E-state index contributed by atoms with van der Waals surface area (Å²) >= 11 is 6.61. The molecule has 9 nitrogen and oxygen atoms in total. The van der Waals surface area contributed by atoms with E-state index in [1.165, 1.54) is 13.2 Å². The molecular weight excluding hydrogens is 475 g/mol. The zero-order valence-corrected chi connectivity index (χ0v) is 19.8. The van der Waals surface area contributed by atoms with Gasteiger partial charge < -0.3 is 14.5 Å². The minimum atomic E-state index is -0.562. The average Bonchev–Trinajstić information content (AvgIpc) is 3.48. The van der Waals surface area contributed by atoms with Crippen molar-refractivity contribution in [2.24, 2.45) is 5.92 Å². The van der Waals surface area contributed by atoms with Crippen molar-refractivity contribution < 1.29 is 18.7 Å². The van der Waals surface area contributed by atoms with E-state index < -0.39 is 5.82 Å². The van der Waals surface area contributed by atoms with Gasteiger partial charge in [-0.05, 0) is 31.2 Å². The summed E-state index contributed by atoms with van der Waals surface area (Å²) in [6.45, 7) is 3.87. The molecule has 0 spiro atoms. The fourth-order valence-electron chi connectivity index (χ4n) is 3.74. The van der Waals surface area contributed by atoms with Crippen LogP contribution >= 0.6 is 11.6 Å². The second-order valence-electron chi connectivity index (χ2n) is 8.07. The predicted octanol–water partition coefficient (Wildman–Crippen LogP) is 5.07. The molecule has 35 heavy (non-hydrogen) atoms. The van der Waals surface area contributed by atoms with Crippen LogP contribution < -0.4 is 4.74 Å². The highest BCUT2D eigenvalue weighted by atomic mass is 35.5. The highest BCUT2D eigenvalue weighted by molar-refractivity contribution is 6.36. The summed E-state index contributed by atoms with van der Waals surface area (Å²) in [6, 6.07) is 6.49. The van der Waals surface area contributed by atoms with Crippen molar-refractivity contribution in [3.63, 3.8) is 0 Å². The number of carbonyl (C=O) groups is 1. The summed E-state index contributed by atoms with van der Waals surface area (Å²) in [7, 11) is 1.35. The molecular formula is C24H20ClFN6O3. The van der Waals surface area contributed by atoms with Crippen LogP contribution in [0.5, 0.6) is 11.5 Å². The number of nitrogens with zero attached hydrogens (tertiary/aromatic N) is 5. The number of halogens is 2. The van der Waals surface area contributed by atoms with E-state index in [-0.39, 0.29) is 33.9 Å². The van der Waals surface area contributed by atoms with Crippen LogP contribution in [0.3, 0.4) is 0 Å². The molecule has 5 aromatic rings. The maximum atomic E-state index is 15.0. The summed E-state index contributed by atoms with van der Waals surface area (Å²) in [6.07, 6.45) is 5.00. The molecule has 0 amide bonds. The highest BCUT2D eigenvalue weighted by Gasteiger charge is 2.18. The number of hydrogen-bond acceptors (Lipinski definition) is 7. The summed E-state index contributed by atoms with van der Waals surface area (Å²) in [5, 5.41) is 4.49. The van der Waals surface area contributed by atoms with E-state index in [2.05, 4.69) is 25.0 Å². The van der Waals surface area contributed by atoms with Gasteiger partial charge in [-0.15, -0.1) is 0 Å². The molecule has 0 aliphatic rings. The van der Waals surface area contributed by atoms with E-state index in [1.54, 1.807) is 55.3 Å². The molecule has 1 atom stereocenters. The van der Waals surface area contributed by atoms with Gasteiger partial charge in [0.2, 0.25) is 0 Å². The largest absolute Gasteiger partial charge is 0.469 e. The van der Waals surface area contributed by atoms with Crippen molar-refractivity contribution in [1.29, 1.82) is 0 Å². The first-order valence-corrected chi connectivity index (χ1v) is 11.1. The second kappa shape index (κ2) is 8.95. The number of esters is 1. The molecule has 5 rings (SSSR count). The summed E-state index contributed by atoms with van der Waals surface area (Å²) in [4.78, 5) is 27.9. The number of nitrogens with one attached hydrogen (secondary N) is 1. The van der Waals surface area contributed by atoms with Crippen LogP contribution in [0.1, 0.15) is 12.7 Å². The Morgan fingerprint density at radius 2 is 1.94 bits per heavy atom. The van der Waals surface area contributed by atoms with Gasteiger partial charge in [0.05, 0.1) is 48.7 Å². The van der Waals surface area contributed by atoms with Crippen LogP contribution in [-0.4, -0.2) is 42.8 Å². The van der Waals surface area contributed by atoms with Gasteiger partial charge in [0.25, 0.3) is 0 Å². The fraction of sp³-hybridized carbons (Fsp3) is 0.208. The topological polar surface area (TPSA) is 108 Å². The van der Waals surface area contributed by atoms with E-state index in [1.807, 2.05) is 0 Å². The SMILES string of the molecule is COC(=O)C(C)Cn1cc(-c2cnc3ccc(Oc4ccc5nc(C)[nH]c5c4F)c(Cl)c3n2)cn1. The summed E-state index contributed by atoms with van der Waals surface area (Å²) in [5.41, 5.74) is 2.96. The van der Waals surface area contributed by atoms with Crippen molar-refractivity contribution in [1.82, 2.24) is 29.7 Å². The lowest BCUT2D eigenvalue weighted by molar-refractivity contribution is -0.145. The Morgan fingerprint density at radius 1 is 1.17 bits per heavy atom. The number of rotatable bonds is 6. The van der Waals surface area contributed by atoms with E-state index in [0.29, 0.717) is 40.2 Å². The number of benzene rings is 2. The lowest BCUT2D eigenvalue weighted by atomic mass is 10.2. The Labute approximate surface area is 203 Å². The third-order valence-corrected chi connectivity index (χ3v) is 5.87. The molecule has 0 saturated carbocycles. The van der Waals surface area contributed by atoms with Gasteiger partial charge in [0.15, 0.2) is 11.6 Å². The Morgan fingerprint density at radius 3 is 2.74 bits per heavy atom. The van der Waals surface area contributed by atoms with E-state index in [4.69, 9.17) is 21.1 Å². The van der Waals surface area contributed by atoms with Crippen molar-refractivity contribution in [2.75, 3.05) is 7.11 Å². The number of aromatic amines is 1. The minimum Gasteiger partial charge on any atom is -0.469 e. The second-order valence-corrected chi connectivity index (χ2v) is 8.45. The zero-order chi connectivity index (χ0) is 24.7. The maximum Gasteiger partial charge on any atom is 0.310 e. The average molecular weight is 495 g/mol. The Hall–Kier alpha value is -4.05. The lowest BCUT2D eigenvalue weighted by Crippen LogP contribution is -2.18. The maximum absolute atomic E-state index is 15.0. The minimum absolute atomic E-state index is 0.00696. The molecule has 3 aromatic heterocycles. The summed E-state index contributed by atoms with van der Waals surface area (Å²) < 4.78 is 27.2.